The monoisotopic (exact) mass is 291 g/mol. The number of rotatable bonds is 3. The van der Waals surface area contributed by atoms with E-state index in [1.165, 1.54) is 4.90 Å². The predicted octanol–water partition coefficient (Wildman–Crippen LogP) is 1.64. The molecule has 6 nitrogen and oxygen atoms in total. The fourth-order valence-corrected chi connectivity index (χ4v) is 3.02. The second kappa shape index (κ2) is 5.73. The van der Waals surface area contributed by atoms with Gasteiger partial charge in [0.15, 0.2) is 0 Å². The third kappa shape index (κ3) is 2.71. The molecule has 3 rings (SSSR count). The van der Waals surface area contributed by atoms with Crippen LogP contribution >= 0.6 is 0 Å². The highest BCUT2D eigenvalue weighted by Crippen LogP contribution is 2.34. The van der Waals surface area contributed by atoms with Crippen LogP contribution in [0.2, 0.25) is 0 Å². The zero-order valence-electron chi connectivity index (χ0n) is 11.5. The van der Waals surface area contributed by atoms with Gasteiger partial charge in [0.1, 0.15) is 12.6 Å². The number of benzene rings is 1. The maximum atomic E-state index is 12.3. The first-order chi connectivity index (χ1) is 10.2. The van der Waals surface area contributed by atoms with Crippen molar-refractivity contribution in [3.63, 3.8) is 0 Å². The van der Waals surface area contributed by atoms with Crippen LogP contribution in [0.4, 0.5) is 4.79 Å². The number of nitrogens with zero attached hydrogens (tertiary/aromatic N) is 1. The topological polar surface area (TPSA) is 76.1 Å². The van der Waals surface area contributed by atoms with E-state index < -0.39 is 18.1 Å². The maximum Gasteiger partial charge on any atom is 0.411 e. The van der Waals surface area contributed by atoms with Gasteiger partial charge in [-0.25, -0.2) is 9.59 Å². The molecule has 3 atom stereocenters. The van der Waals surface area contributed by atoms with E-state index in [-0.39, 0.29) is 18.8 Å². The first-order valence-corrected chi connectivity index (χ1v) is 7.00. The molecule has 1 N–H and O–H groups in total. The van der Waals surface area contributed by atoms with Crippen molar-refractivity contribution in [3.05, 3.63) is 35.9 Å². The number of carboxylic acid groups (broad SMARTS) is 1. The van der Waals surface area contributed by atoms with Gasteiger partial charge in [0.2, 0.25) is 0 Å². The van der Waals surface area contributed by atoms with Crippen LogP contribution in [0.25, 0.3) is 0 Å². The van der Waals surface area contributed by atoms with Gasteiger partial charge in [0.25, 0.3) is 0 Å². The van der Waals surface area contributed by atoms with Gasteiger partial charge in [-0.2, -0.15) is 0 Å². The highest BCUT2D eigenvalue weighted by molar-refractivity contribution is 5.81. The SMILES string of the molecule is O=C(O)[C@@H]1C[C@@H]2OCC[C@@H]2N1C(=O)OCc1ccccc1. The summed E-state index contributed by atoms with van der Waals surface area (Å²) in [5.41, 5.74) is 0.871. The van der Waals surface area contributed by atoms with Crippen LogP contribution < -0.4 is 0 Å². The van der Waals surface area contributed by atoms with Crippen LogP contribution in [0.5, 0.6) is 0 Å². The minimum atomic E-state index is -1.01. The average Bonchev–Trinajstić information content (AvgIpc) is 3.06. The largest absolute Gasteiger partial charge is 0.480 e. The smallest absolute Gasteiger partial charge is 0.411 e. The fourth-order valence-electron chi connectivity index (χ4n) is 3.02. The zero-order chi connectivity index (χ0) is 14.8. The Labute approximate surface area is 122 Å². The molecule has 1 aromatic rings. The van der Waals surface area contributed by atoms with Crippen molar-refractivity contribution < 1.29 is 24.2 Å². The molecule has 112 valence electrons. The first-order valence-electron chi connectivity index (χ1n) is 7.00. The molecule has 1 amide bonds. The van der Waals surface area contributed by atoms with Gasteiger partial charge in [-0.15, -0.1) is 0 Å². The molecule has 0 saturated carbocycles. The second-order valence-electron chi connectivity index (χ2n) is 5.30. The number of fused-ring (bicyclic) bond motifs is 1. The summed E-state index contributed by atoms with van der Waals surface area (Å²) < 4.78 is 10.8. The summed E-state index contributed by atoms with van der Waals surface area (Å²) in [6, 6.07) is 8.27. The molecule has 0 unspecified atom stereocenters. The number of carbonyl (C=O) groups excluding carboxylic acids is 1. The molecule has 1 aromatic carbocycles. The van der Waals surface area contributed by atoms with E-state index >= 15 is 0 Å². The van der Waals surface area contributed by atoms with Crippen molar-refractivity contribution in [2.75, 3.05) is 6.61 Å². The van der Waals surface area contributed by atoms with E-state index in [0.717, 1.165) is 5.56 Å². The van der Waals surface area contributed by atoms with Gasteiger partial charge in [0, 0.05) is 13.0 Å². The Hall–Kier alpha value is -2.08. The number of hydrogen-bond acceptors (Lipinski definition) is 4. The number of amides is 1. The third-order valence-electron chi connectivity index (χ3n) is 4.02. The van der Waals surface area contributed by atoms with Gasteiger partial charge in [-0.1, -0.05) is 30.3 Å². The van der Waals surface area contributed by atoms with Crippen molar-refractivity contribution in [1.29, 1.82) is 0 Å². The highest BCUT2D eigenvalue weighted by atomic mass is 16.6. The minimum Gasteiger partial charge on any atom is -0.480 e. The number of likely N-dealkylation sites (tertiary alicyclic amines) is 1. The highest BCUT2D eigenvalue weighted by Gasteiger charge is 2.50. The summed E-state index contributed by atoms with van der Waals surface area (Å²) in [7, 11) is 0. The molecule has 2 aliphatic rings. The molecule has 2 saturated heterocycles. The first kappa shape index (κ1) is 13.9. The maximum absolute atomic E-state index is 12.3. The molecule has 0 spiro atoms. The van der Waals surface area contributed by atoms with Gasteiger partial charge in [-0.05, 0) is 12.0 Å². The van der Waals surface area contributed by atoms with E-state index in [1.807, 2.05) is 30.3 Å². The molecule has 2 fully saturated rings. The van der Waals surface area contributed by atoms with E-state index in [0.29, 0.717) is 19.4 Å². The minimum absolute atomic E-state index is 0.140. The Morgan fingerprint density at radius 2 is 2.10 bits per heavy atom. The average molecular weight is 291 g/mol. The van der Waals surface area contributed by atoms with Crippen molar-refractivity contribution in [3.8, 4) is 0 Å². The van der Waals surface area contributed by atoms with E-state index in [9.17, 15) is 14.7 Å². The van der Waals surface area contributed by atoms with Gasteiger partial charge >= 0.3 is 12.1 Å². The summed E-state index contributed by atoms with van der Waals surface area (Å²) in [6.45, 7) is 0.699. The van der Waals surface area contributed by atoms with Crippen LogP contribution in [-0.2, 0) is 20.9 Å². The molecule has 0 radical (unpaired) electrons. The van der Waals surface area contributed by atoms with Crippen molar-refractivity contribution in [1.82, 2.24) is 4.90 Å². The fraction of sp³-hybridized carbons (Fsp3) is 0.467. The third-order valence-corrected chi connectivity index (χ3v) is 4.02. The molecular weight excluding hydrogens is 274 g/mol. The predicted molar refractivity (Wildman–Crippen MR) is 72.7 cm³/mol. The standard InChI is InChI=1S/C15H17NO5/c17-14(18)12-8-13-11(6-7-20-13)16(12)15(19)21-9-10-4-2-1-3-5-10/h1-5,11-13H,6-9H2,(H,17,18)/t11-,12-,13-/m0/s1. The Morgan fingerprint density at radius 1 is 1.33 bits per heavy atom. The number of aliphatic carboxylic acids is 1. The Morgan fingerprint density at radius 3 is 2.81 bits per heavy atom. The molecular formula is C15H17NO5. The van der Waals surface area contributed by atoms with Crippen LogP contribution in [0.3, 0.4) is 0 Å². The molecule has 0 bridgehead atoms. The van der Waals surface area contributed by atoms with E-state index in [2.05, 4.69) is 0 Å². The van der Waals surface area contributed by atoms with Gasteiger partial charge in [0.05, 0.1) is 12.1 Å². The lowest BCUT2D eigenvalue weighted by atomic mass is 10.1. The Balaban J connectivity index is 1.68. The number of carbonyl (C=O) groups is 2. The van der Waals surface area contributed by atoms with Crippen LogP contribution in [-0.4, -0.2) is 46.9 Å². The molecule has 21 heavy (non-hydrogen) atoms. The summed E-state index contributed by atoms with van der Waals surface area (Å²) in [4.78, 5) is 24.9. The Bertz CT molecular complexity index is 532. The second-order valence-corrected chi connectivity index (χ2v) is 5.30. The number of ether oxygens (including phenoxy) is 2. The molecule has 2 aliphatic heterocycles. The van der Waals surface area contributed by atoms with Crippen molar-refractivity contribution in [2.24, 2.45) is 0 Å². The van der Waals surface area contributed by atoms with Crippen molar-refractivity contribution in [2.45, 2.75) is 37.6 Å². The Kier molecular flexibility index (Phi) is 3.79. The lowest BCUT2D eigenvalue weighted by molar-refractivity contribution is -0.142. The van der Waals surface area contributed by atoms with Gasteiger partial charge < -0.3 is 14.6 Å². The number of carboxylic acids is 1. The van der Waals surface area contributed by atoms with E-state index in [4.69, 9.17) is 9.47 Å². The zero-order valence-corrected chi connectivity index (χ0v) is 11.5. The quantitative estimate of drug-likeness (QED) is 0.916. The lowest BCUT2D eigenvalue weighted by Gasteiger charge is -2.25. The molecule has 0 aliphatic carbocycles. The number of hydrogen-bond donors (Lipinski definition) is 1. The van der Waals surface area contributed by atoms with Crippen molar-refractivity contribution >= 4 is 12.1 Å². The summed E-state index contributed by atoms with van der Waals surface area (Å²) in [5.74, 6) is -1.01. The van der Waals surface area contributed by atoms with Crippen LogP contribution in [0.1, 0.15) is 18.4 Å². The van der Waals surface area contributed by atoms with Crippen LogP contribution in [0.15, 0.2) is 30.3 Å². The summed E-state index contributed by atoms with van der Waals surface area (Å²) in [6.07, 6.45) is 0.231. The van der Waals surface area contributed by atoms with Crippen LogP contribution in [0, 0.1) is 0 Å². The van der Waals surface area contributed by atoms with E-state index in [1.54, 1.807) is 0 Å². The molecule has 2 heterocycles. The molecule has 0 aromatic heterocycles. The lowest BCUT2D eigenvalue weighted by Crippen LogP contribution is -2.45. The summed E-state index contributed by atoms with van der Waals surface area (Å²) in [5, 5.41) is 9.27. The van der Waals surface area contributed by atoms with Gasteiger partial charge in [-0.3, -0.25) is 4.90 Å². The molecule has 6 heteroatoms. The normalized spacial score (nSPS) is 27.4. The summed E-state index contributed by atoms with van der Waals surface area (Å²) >= 11 is 0.